The number of rotatable bonds is 3. The van der Waals surface area contributed by atoms with Crippen LogP contribution in [0.25, 0.3) is 0 Å². The molecule has 1 unspecified atom stereocenters. The highest BCUT2D eigenvalue weighted by molar-refractivity contribution is 5.33. The summed E-state index contributed by atoms with van der Waals surface area (Å²) in [7, 11) is 0. The first kappa shape index (κ1) is 14.3. The molecule has 1 atom stereocenters. The monoisotopic (exact) mass is 279 g/mol. The first-order valence-electron chi connectivity index (χ1n) is 7.97. The Kier molecular flexibility index (Phi) is 4.12. The lowest BCUT2D eigenvalue weighted by Crippen LogP contribution is -2.20. The lowest BCUT2D eigenvalue weighted by molar-refractivity contribution is 0.323. The molecule has 2 aliphatic rings. The van der Waals surface area contributed by atoms with Gasteiger partial charge in [-0.25, -0.2) is 0 Å². The van der Waals surface area contributed by atoms with Gasteiger partial charge in [0, 0.05) is 18.5 Å². The van der Waals surface area contributed by atoms with E-state index in [1.807, 2.05) is 0 Å². The molecule has 1 fully saturated rings. The summed E-state index contributed by atoms with van der Waals surface area (Å²) in [4.78, 5) is 2.58. The molecule has 1 aliphatic heterocycles. The van der Waals surface area contributed by atoms with Crippen LogP contribution in [0.15, 0.2) is 66.3 Å². The van der Waals surface area contributed by atoms with E-state index in [1.54, 1.807) is 0 Å². The Labute approximate surface area is 128 Å². The maximum absolute atomic E-state index is 2.58. The lowest BCUT2D eigenvalue weighted by Gasteiger charge is -2.17. The normalized spacial score (nSPS) is 24.9. The predicted molar refractivity (Wildman–Crippen MR) is 90.0 cm³/mol. The SMILES string of the molecule is CC1(C)C=CC=C(C2CCN(Cc3ccccc3)C2)C=C1. The topological polar surface area (TPSA) is 3.24 Å². The van der Waals surface area contributed by atoms with Gasteiger partial charge in [-0.1, -0.05) is 74.6 Å². The molecule has 1 heteroatoms. The highest BCUT2D eigenvalue weighted by Gasteiger charge is 2.25. The second-order valence-electron chi connectivity index (χ2n) is 6.89. The van der Waals surface area contributed by atoms with Crippen LogP contribution in [-0.2, 0) is 6.54 Å². The first-order chi connectivity index (χ1) is 10.1. The van der Waals surface area contributed by atoms with Gasteiger partial charge in [-0.05, 0) is 30.0 Å². The minimum absolute atomic E-state index is 0.181. The third-order valence-electron chi connectivity index (χ3n) is 4.51. The molecule has 0 aromatic heterocycles. The van der Waals surface area contributed by atoms with Crippen molar-refractivity contribution in [2.75, 3.05) is 13.1 Å². The van der Waals surface area contributed by atoms with Gasteiger partial charge in [-0.3, -0.25) is 4.90 Å². The Hall–Kier alpha value is -1.60. The maximum atomic E-state index is 2.58. The van der Waals surface area contributed by atoms with E-state index in [2.05, 4.69) is 79.5 Å². The van der Waals surface area contributed by atoms with Gasteiger partial charge >= 0.3 is 0 Å². The molecule has 110 valence electrons. The molecule has 0 saturated carbocycles. The fourth-order valence-electron chi connectivity index (χ4n) is 3.19. The van der Waals surface area contributed by atoms with E-state index in [0.717, 1.165) is 6.54 Å². The van der Waals surface area contributed by atoms with Crippen molar-refractivity contribution in [3.8, 4) is 0 Å². The van der Waals surface area contributed by atoms with Gasteiger partial charge < -0.3 is 0 Å². The molecular formula is C20H25N. The summed E-state index contributed by atoms with van der Waals surface area (Å²) in [5.74, 6) is 0.684. The fraction of sp³-hybridized carbons (Fsp3) is 0.400. The molecule has 1 aromatic rings. The molecule has 0 bridgehead atoms. The van der Waals surface area contributed by atoms with Crippen LogP contribution in [0.4, 0.5) is 0 Å². The molecule has 1 nitrogen and oxygen atoms in total. The van der Waals surface area contributed by atoms with E-state index < -0.39 is 0 Å². The Balaban J connectivity index is 1.62. The summed E-state index contributed by atoms with van der Waals surface area (Å²) in [5.41, 5.74) is 3.09. The molecule has 3 rings (SSSR count). The van der Waals surface area contributed by atoms with Crippen molar-refractivity contribution in [1.29, 1.82) is 0 Å². The zero-order valence-electron chi connectivity index (χ0n) is 13.1. The first-order valence-corrected chi connectivity index (χ1v) is 7.97. The summed E-state index contributed by atoms with van der Waals surface area (Å²) in [5, 5.41) is 0. The number of nitrogens with zero attached hydrogens (tertiary/aromatic N) is 1. The second-order valence-corrected chi connectivity index (χ2v) is 6.89. The Morgan fingerprint density at radius 3 is 2.76 bits per heavy atom. The van der Waals surface area contributed by atoms with E-state index in [0.29, 0.717) is 5.92 Å². The van der Waals surface area contributed by atoms with Gasteiger partial charge in [0.05, 0.1) is 0 Å². The summed E-state index contributed by atoms with van der Waals surface area (Å²) in [6.45, 7) is 7.98. The minimum Gasteiger partial charge on any atom is -0.298 e. The molecule has 0 N–H and O–H groups in total. The average molecular weight is 279 g/mol. The standard InChI is InChI=1S/C20H25N/c1-20(2)12-6-9-18(10-13-20)19-11-14-21(16-19)15-17-7-4-3-5-8-17/h3-10,12-13,19H,11,14-16H2,1-2H3. The van der Waals surface area contributed by atoms with Crippen LogP contribution in [0.2, 0.25) is 0 Å². The molecule has 1 aliphatic carbocycles. The van der Waals surface area contributed by atoms with Gasteiger partial charge in [0.25, 0.3) is 0 Å². The highest BCUT2D eigenvalue weighted by Crippen LogP contribution is 2.30. The summed E-state index contributed by atoms with van der Waals surface area (Å²) >= 11 is 0. The van der Waals surface area contributed by atoms with Crippen molar-refractivity contribution < 1.29 is 0 Å². The molecule has 1 aromatic carbocycles. The molecule has 0 radical (unpaired) electrons. The predicted octanol–water partition coefficient (Wildman–Crippen LogP) is 4.59. The third-order valence-corrected chi connectivity index (χ3v) is 4.51. The zero-order chi connectivity index (χ0) is 14.7. The molecule has 0 amide bonds. The highest BCUT2D eigenvalue weighted by atomic mass is 15.1. The molecular weight excluding hydrogens is 254 g/mol. The van der Waals surface area contributed by atoms with Crippen LogP contribution in [0, 0.1) is 11.3 Å². The average Bonchev–Trinajstić information content (AvgIpc) is 2.84. The zero-order valence-corrected chi connectivity index (χ0v) is 13.1. The Morgan fingerprint density at radius 2 is 1.95 bits per heavy atom. The Bertz CT molecular complexity index is 563. The van der Waals surface area contributed by atoms with Crippen LogP contribution in [0.1, 0.15) is 25.8 Å². The van der Waals surface area contributed by atoms with Gasteiger partial charge in [0.1, 0.15) is 0 Å². The van der Waals surface area contributed by atoms with Crippen molar-refractivity contribution in [3.05, 3.63) is 71.8 Å². The van der Waals surface area contributed by atoms with Gasteiger partial charge in [-0.15, -0.1) is 0 Å². The number of hydrogen-bond acceptors (Lipinski definition) is 1. The molecule has 1 saturated heterocycles. The van der Waals surface area contributed by atoms with E-state index >= 15 is 0 Å². The number of benzene rings is 1. The van der Waals surface area contributed by atoms with Crippen molar-refractivity contribution >= 4 is 0 Å². The van der Waals surface area contributed by atoms with Crippen LogP contribution in [0.5, 0.6) is 0 Å². The quantitative estimate of drug-likeness (QED) is 0.782. The van der Waals surface area contributed by atoms with E-state index in [9.17, 15) is 0 Å². The maximum Gasteiger partial charge on any atom is 0.0233 e. The van der Waals surface area contributed by atoms with Gasteiger partial charge in [-0.2, -0.15) is 0 Å². The van der Waals surface area contributed by atoms with Crippen molar-refractivity contribution in [1.82, 2.24) is 4.90 Å². The van der Waals surface area contributed by atoms with Crippen LogP contribution in [0.3, 0.4) is 0 Å². The summed E-state index contributed by atoms with van der Waals surface area (Å²) in [6, 6.07) is 10.8. The minimum atomic E-state index is 0.181. The van der Waals surface area contributed by atoms with Crippen LogP contribution in [-0.4, -0.2) is 18.0 Å². The Morgan fingerprint density at radius 1 is 1.14 bits per heavy atom. The van der Waals surface area contributed by atoms with Crippen molar-refractivity contribution in [3.63, 3.8) is 0 Å². The van der Waals surface area contributed by atoms with E-state index in [1.165, 1.54) is 30.6 Å². The van der Waals surface area contributed by atoms with E-state index in [-0.39, 0.29) is 5.41 Å². The number of allylic oxidation sites excluding steroid dienone is 5. The fourth-order valence-corrected chi connectivity index (χ4v) is 3.19. The largest absolute Gasteiger partial charge is 0.298 e. The number of hydrogen-bond donors (Lipinski definition) is 0. The van der Waals surface area contributed by atoms with Crippen molar-refractivity contribution in [2.24, 2.45) is 11.3 Å². The molecule has 1 heterocycles. The van der Waals surface area contributed by atoms with Gasteiger partial charge in [0.2, 0.25) is 0 Å². The molecule has 21 heavy (non-hydrogen) atoms. The second kappa shape index (κ2) is 6.03. The smallest absolute Gasteiger partial charge is 0.0233 e. The van der Waals surface area contributed by atoms with Gasteiger partial charge in [0.15, 0.2) is 0 Å². The van der Waals surface area contributed by atoms with Crippen LogP contribution >= 0.6 is 0 Å². The summed E-state index contributed by atoms with van der Waals surface area (Å²) < 4.78 is 0. The van der Waals surface area contributed by atoms with Crippen LogP contribution < -0.4 is 0 Å². The lowest BCUT2D eigenvalue weighted by atomic mass is 9.92. The third kappa shape index (κ3) is 3.74. The number of likely N-dealkylation sites (tertiary alicyclic amines) is 1. The summed E-state index contributed by atoms with van der Waals surface area (Å²) in [6.07, 6.45) is 12.8. The van der Waals surface area contributed by atoms with E-state index in [4.69, 9.17) is 0 Å². The van der Waals surface area contributed by atoms with Crippen molar-refractivity contribution in [2.45, 2.75) is 26.8 Å². The molecule has 0 spiro atoms.